The molecule has 0 radical (unpaired) electrons. The van der Waals surface area contributed by atoms with Gasteiger partial charge in [0, 0.05) is 21.7 Å². The van der Waals surface area contributed by atoms with Gasteiger partial charge in [0.25, 0.3) is 5.91 Å². The van der Waals surface area contributed by atoms with Gasteiger partial charge in [-0.2, -0.15) is 0 Å². The topological polar surface area (TPSA) is 46.2 Å². The van der Waals surface area contributed by atoms with Gasteiger partial charge in [0.15, 0.2) is 5.78 Å². The average molecular weight is 438 g/mol. The molecule has 1 amide bonds. The van der Waals surface area contributed by atoms with E-state index in [0.717, 1.165) is 11.1 Å². The van der Waals surface area contributed by atoms with Crippen molar-refractivity contribution in [2.75, 3.05) is 5.32 Å². The minimum atomic E-state index is -0.315. The van der Waals surface area contributed by atoms with E-state index in [-0.39, 0.29) is 11.7 Å². The molecule has 0 spiro atoms. The third kappa shape index (κ3) is 5.02. The van der Waals surface area contributed by atoms with E-state index in [1.807, 2.05) is 72.8 Å². The second-order valence-electron chi connectivity index (χ2n) is 7.17. The second kappa shape index (κ2) is 9.90. The zero-order valence-electron chi connectivity index (χ0n) is 17.2. The Kier molecular flexibility index (Phi) is 6.59. The fourth-order valence-corrected chi connectivity index (χ4v) is 3.53. The van der Waals surface area contributed by atoms with Gasteiger partial charge in [-0.05, 0) is 35.4 Å². The van der Waals surface area contributed by atoms with E-state index in [4.69, 9.17) is 11.6 Å². The molecule has 4 rings (SSSR count). The SMILES string of the molecule is O=C(Nc1ccc(Cl)cc1C(=O)c1ccccc1)/C(=C\c1ccccc1)c1ccccc1. The van der Waals surface area contributed by atoms with E-state index in [1.165, 1.54) is 0 Å². The number of amides is 1. The molecule has 0 atom stereocenters. The van der Waals surface area contributed by atoms with Crippen LogP contribution in [0.5, 0.6) is 0 Å². The van der Waals surface area contributed by atoms with E-state index < -0.39 is 0 Å². The third-order valence-electron chi connectivity index (χ3n) is 4.95. The molecule has 3 nitrogen and oxygen atoms in total. The molecule has 0 aliphatic heterocycles. The fraction of sp³-hybridized carbons (Fsp3) is 0. The second-order valence-corrected chi connectivity index (χ2v) is 7.61. The van der Waals surface area contributed by atoms with Crippen LogP contribution in [0.2, 0.25) is 5.02 Å². The maximum Gasteiger partial charge on any atom is 0.256 e. The number of ketones is 1. The predicted molar refractivity (Wildman–Crippen MR) is 131 cm³/mol. The van der Waals surface area contributed by atoms with Gasteiger partial charge in [0.2, 0.25) is 0 Å². The minimum Gasteiger partial charge on any atom is -0.321 e. The smallest absolute Gasteiger partial charge is 0.256 e. The van der Waals surface area contributed by atoms with Crippen molar-refractivity contribution in [2.24, 2.45) is 0 Å². The monoisotopic (exact) mass is 437 g/mol. The van der Waals surface area contributed by atoms with Crippen LogP contribution in [0.1, 0.15) is 27.0 Å². The van der Waals surface area contributed by atoms with Crippen LogP contribution in [0.4, 0.5) is 5.69 Å². The van der Waals surface area contributed by atoms with Crippen molar-refractivity contribution >= 4 is 40.6 Å². The van der Waals surface area contributed by atoms with Gasteiger partial charge >= 0.3 is 0 Å². The zero-order chi connectivity index (χ0) is 22.3. The Hall–Kier alpha value is -3.95. The molecular weight excluding hydrogens is 418 g/mol. The lowest BCUT2D eigenvalue weighted by Gasteiger charge is -2.13. The molecule has 0 aliphatic rings. The largest absolute Gasteiger partial charge is 0.321 e. The standard InChI is InChI=1S/C28H20ClNO2/c29-23-16-17-26(25(19-23)27(31)22-14-8-3-9-15-22)30-28(32)24(21-12-6-2-7-13-21)18-20-10-4-1-5-11-20/h1-19H,(H,30,32)/b24-18-. The van der Waals surface area contributed by atoms with Gasteiger partial charge in [-0.3, -0.25) is 9.59 Å². The Bertz CT molecular complexity index is 1270. The Morgan fingerprint density at radius 1 is 0.688 bits per heavy atom. The number of benzene rings is 4. The van der Waals surface area contributed by atoms with Crippen molar-refractivity contribution in [1.29, 1.82) is 0 Å². The van der Waals surface area contributed by atoms with Gasteiger partial charge < -0.3 is 5.32 Å². The molecule has 156 valence electrons. The van der Waals surface area contributed by atoms with Gasteiger partial charge in [-0.25, -0.2) is 0 Å². The molecule has 4 aromatic carbocycles. The van der Waals surface area contributed by atoms with Crippen molar-refractivity contribution in [1.82, 2.24) is 0 Å². The van der Waals surface area contributed by atoms with Crippen LogP contribution in [0.25, 0.3) is 11.6 Å². The van der Waals surface area contributed by atoms with E-state index >= 15 is 0 Å². The first-order valence-corrected chi connectivity index (χ1v) is 10.5. The third-order valence-corrected chi connectivity index (χ3v) is 5.19. The first kappa shape index (κ1) is 21.3. The quantitative estimate of drug-likeness (QED) is 0.206. The first-order valence-electron chi connectivity index (χ1n) is 10.1. The lowest BCUT2D eigenvalue weighted by molar-refractivity contribution is -0.111. The molecule has 0 unspecified atom stereocenters. The van der Waals surface area contributed by atoms with Crippen LogP contribution in [0.3, 0.4) is 0 Å². The molecule has 0 bridgehead atoms. The lowest BCUT2D eigenvalue weighted by atomic mass is 9.99. The summed E-state index contributed by atoms with van der Waals surface area (Å²) in [5, 5.41) is 3.34. The summed E-state index contributed by atoms with van der Waals surface area (Å²) in [6.07, 6.45) is 1.83. The molecule has 0 saturated heterocycles. The number of hydrogen-bond donors (Lipinski definition) is 1. The maximum absolute atomic E-state index is 13.4. The molecular formula is C28H20ClNO2. The highest BCUT2D eigenvalue weighted by atomic mass is 35.5. The number of anilines is 1. The number of carbonyl (C=O) groups is 2. The van der Waals surface area contributed by atoms with E-state index in [0.29, 0.717) is 27.4 Å². The summed E-state index contributed by atoms with van der Waals surface area (Å²) in [7, 11) is 0. The molecule has 0 aromatic heterocycles. The Morgan fingerprint density at radius 3 is 1.88 bits per heavy atom. The van der Waals surface area contributed by atoms with Gasteiger partial charge in [-0.15, -0.1) is 0 Å². The van der Waals surface area contributed by atoms with Crippen LogP contribution in [-0.2, 0) is 4.79 Å². The van der Waals surface area contributed by atoms with Crippen molar-refractivity contribution in [2.45, 2.75) is 0 Å². The summed E-state index contributed by atoms with van der Waals surface area (Å²) < 4.78 is 0. The van der Waals surface area contributed by atoms with Crippen molar-refractivity contribution < 1.29 is 9.59 Å². The molecule has 4 aromatic rings. The highest BCUT2D eigenvalue weighted by molar-refractivity contribution is 6.32. The van der Waals surface area contributed by atoms with Crippen molar-refractivity contribution in [3.8, 4) is 0 Å². The van der Waals surface area contributed by atoms with E-state index in [2.05, 4.69) is 5.32 Å². The van der Waals surface area contributed by atoms with Crippen LogP contribution >= 0.6 is 11.6 Å². The van der Waals surface area contributed by atoms with Crippen molar-refractivity contribution in [3.05, 3.63) is 136 Å². The zero-order valence-corrected chi connectivity index (χ0v) is 17.9. The summed E-state index contributed by atoms with van der Waals surface area (Å²) in [5.74, 6) is -0.527. The fourth-order valence-electron chi connectivity index (χ4n) is 3.36. The Morgan fingerprint density at radius 2 is 1.25 bits per heavy atom. The summed E-state index contributed by atoms with van der Waals surface area (Å²) in [4.78, 5) is 26.5. The molecule has 0 aliphatic carbocycles. The summed E-state index contributed by atoms with van der Waals surface area (Å²) in [5.41, 5.74) is 3.43. The number of halogens is 1. The normalized spacial score (nSPS) is 11.1. The van der Waals surface area contributed by atoms with Crippen LogP contribution in [0, 0.1) is 0 Å². The lowest BCUT2D eigenvalue weighted by Crippen LogP contribution is -2.16. The highest BCUT2D eigenvalue weighted by Crippen LogP contribution is 2.26. The van der Waals surface area contributed by atoms with Gasteiger partial charge in [-0.1, -0.05) is 103 Å². The summed E-state index contributed by atoms with van der Waals surface area (Å²) >= 11 is 6.17. The molecule has 0 heterocycles. The Labute approximate surface area is 192 Å². The number of rotatable bonds is 6. The number of nitrogens with one attached hydrogen (secondary N) is 1. The Balaban J connectivity index is 1.72. The van der Waals surface area contributed by atoms with Crippen molar-refractivity contribution in [3.63, 3.8) is 0 Å². The predicted octanol–water partition coefficient (Wildman–Crippen LogP) is 6.75. The van der Waals surface area contributed by atoms with Gasteiger partial charge in [0.1, 0.15) is 0 Å². The number of hydrogen-bond acceptors (Lipinski definition) is 2. The van der Waals surface area contributed by atoms with Gasteiger partial charge in [0.05, 0.1) is 5.69 Å². The minimum absolute atomic E-state index is 0.211. The maximum atomic E-state index is 13.4. The van der Waals surface area contributed by atoms with Crippen LogP contribution in [-0.4, -0.2) is 11.7 Å². The highest BCUT2D eigenvalue weighted by Gasteiger charge is 2.18. The molecule has 4 heteroatoms. The van der Waals surface area contributed by atoms with Crippen LogP contribution < -0.4 is 5.32 Å². The summed E-state index contributed by atoms with van der Waals surface area (Å²) in [6.45, 7) is 0. The average Bonchev–Trinajstić information content (AvgIpc) is 2.85. The molecule has 1 N–H and O–H groups in total. The van der Waals surface area contributed by atoms with Crippen LogP contribution in [0.15, 0.2) is 109 Å². The van der Waals surface area contributed by atoms with E-state index in [9.17, 15) is 9.59 Å². The molecule has 0 fully saturated rings. The van der Waals surface area contributed by atoms with E-state index in [1.54, 1.807) is 42.5 Å². The number of carbonyl (C=O) groups excluding carboxylic acids is 2. The summed E-state index contributed by atoms with van der Waals surface area (Å²) in [6, 6.07) is 32.9. The first-order chi connectivity index (χ1) is 15.6. The molecule has 32 heavy (non-hydrogen) atoms. The molecule has 0 saturated carbocycles.